The van der Waals surface area contributed by atoms with Crippen LogP contribution in [0.1, 0.15) is 32.5 Å². The summed E-state index contributed by atoms with van der Waals surface area (Å²) in [5, 5.41) is 2.93. The highest BCUT2D eigenvalue weighted by atomic mass is 32.2. The summed E-state index contributed by atoms with van der Waals surface area (Å²) in [6.45, 7) is 1.83. The van der Waals surface area contributed by atoms with Gasteiger partial charge in [-0.15, -0.1) is 23.1 Å². The van der Waals surface area contributed by atoms with E-state index in [2.05, 4.69) is 5.32 Å². The van der Waals surface area contributed by atoms with Crippen LogP contribution >= 0.6 is 23.1 Å². The van der Waals surface area contributed by atoms with Gasteiger partial charge in [-0.05, 0) is 49.6 Å². The maximum atomic E-state index is 14.2. The van der Waals surface area contributed by atoms with Gasteiger partial charge in [-0.25, -0.2) is 4.39 Å². The number of nitrogens with one attached hydrogen (secondary N) is 1. The Morgan fingerprint density at radius 3 is 2.77 bits per heavy atom. The molecule has 4 nitrogen and oxygen atoms in total. The van der Waals surface area contributed by atoms with Gasteiger partial charge in [0.25, 0.3) is 5.91 Å². The molecule has 7 heteroatoms. The number of amides is 1. The lowest BCUT2D eigenvalue weighted by Crippen LogP contribution is -2.34. The molecule has 0 aliphatic carbocycles. The minimum Gasteiger partial charge on any atom is -0.487 e. The quantitative estimate of drug-likeness (QED) is 0.421. The number of fused-ring (bicyclic) bond motifs is 1. The van der Waals surface area contributed by atoms with Crippen LogP contribution in [-0.2, 0) is 6.42 Å². The van der Waals surface area contributed by atoms with Gasteiger partial charge in [-0.2, -0.15) is 0 Å². The van der Waals surface area contributed by atoms with Crippen LogP contribution in [-0.4, -0.2) is 30.6 Å². The zero-order chi connectivity index (χ0) is 21.3. The summed E-state index contributed by atoms with van der Waals surface area (Å²) >= 11 is 2.84. The number of thiophene rings is 1. The van der Waals surface area contributed by atoms with Crippen LogP contribution in [0.2, 0.25) is 0 Å². The molecule has 2 heterocycles. The first-order valence-corrected chi connectivity index (χ1v) is 11.5. The van der Waals surface area contributed by atoms with Crippen LogP contribution in [0.4, 0.5) is 4.39 Å². The Morgan fingerprint density at radius 1 is 1.23 bits per heavy atom. The molecule has 0 bridgehead atoms. The summed E-state index contributed by atoms with van der Waals surface area (Å²) in [7, 11) is 0. The highest BCUT2D eigenvalue weighted by Gasteiger charge is 2.28. The second-order valence-electron chi connectivity index (χ2n) is 7.02. The van der Waals surface area contributed by atoms with Crippen LogP contribution < -0.4 is 10.1 Å². The molecule has 0 fully saturated rings. The summed E-state index contributed by atoms with van der Waals surface area (Å²) in [5.74, 6) is 0.0995. The molecule has 2 aromatic carbocycles. The molecule has 1 aliphatic rings. The first-order chi connectivity index (χ1) is 14.5. The fourth-order valence-electron chi connectivity index (χ4n) is 3.50. The lowest BCUT2D eigenvalue weighted by Gasteiger charge is -2.14. The van der Waals surface area contributed by atoms with Crippen molar-refractivity contribution in [1.82, 2.24) is 5.32 Å². The lowest BCUT2D eigenvalue weighted by molar-refractivity contribution is 0.0930. The van der Waals surface area contributed by atoms with Crippen molar-refractivity contribution in [3.63, 3.8) is 0 Å². The summed E-state index contributed by atoms with van der Waals surface area (Å²) in [6.07, 6.45) is 2.16. The van der Waals surface area contributed by atoms with Gasteiger partial charge in [0.2, 0.25) is 0 Å². The Kier molecular flexibility index (Phi) is 5.92. The molecule has 0 saturated heterocycles. The smallest absolute Gasteiger partial charge is 0.252 e. The number of hydrogen-bond acceptors (Lipinski definition) is 5. The van der Waals surface area contributed by atoms with E-state index in [1.165, 1.54) is 42.2 Å². The second-order valence-corrected chi connectivity index (χ2v) is 8.95. The van der Waals surface area contributed by atoms with Crippen LogP contribution in [0.25, 0.3) is 10.4 Å². The van der Waals surface area contributed by atoms with Gasteiger partial charge in [-0.1, -0.05) is 12.1 Å². The molecule has 1 atom stereocenters. The van der Waals surface area contributed by atoms with Crippen LogP contribution in [0.5, 0.6) is 5.75 Å². The van der Waals surface area contributed by atoms with Crippen molar-refractivity contribution < 1.29 is 18.7 Å². The number of benzene rings is 2. The van der Waals surface area contributed by atoms with Gasteiger partial charge in [0.05, 0.1) is 17.0 Å². The van der Waals surface area contributed by atoms with E-state index in [1.807, 2.05) is 30.5 Å². The topological polar surface area (TPSA) is 55.4 Å². The maximum Gasteiger partial charge on any atom is 0.252 e. The summed E-state index contributed by atoms with van der Waals surface area (Å²) in [5.41, 5.74) is 2.04. The molecular formula is C23H20FNO3S2. The number of halogens is 1. The Labute approximate surface area is 182 Å². The zero-order valence-electron chi connectivity index (χ0n) is 16.5. The molecule has 0 unspecified atom stereocenters. The predicted molar refractivity (Wildman–Crippen MR) is 118 cm³/mol. The summed E-state index contributed by atoms with van der Waals surface area (Å²) in [4.78, 5) is 26.5. The number of carbonyl (C=O) groups is 2. The molecule has 1 aromatic heterocycles. The van der Waals surface area contributed by atoms with Crippen molar-refractivity contribution in [3.8, 4) is 16.2 Å². The number of thioether (sulfide) groups is 1. The Balaban J connectivity index is 1.50. The van der Waals surface area contributed by atoms with Gasteiger partial charge < -0.3 is 10.1 Å². The molecule has 1 N–H and O–H groups in total. The molecule has 1 amide bonds. The number of Topliss-reactive ketones (excluding diaryl/α,β-unsaturated/α-hetero) is 1. The fraction of sp³-hybridized carbons (Fsp3) is 0.217. The van der Waals surface area contributed by atoms with E-state index in [-0.39, 0.29) is 23.6 Å². The number of rotatable bonds is 6. The van der Waals surface area contributed by atoms with Crippen LogP contribution in [0.3, 0.4) is 0 Å². The van der Waals surface area contributed by atoms with Crippen molar-refractivity contribution in [1.29, 1.82) is 0 Å². The Bertz CT molecular complexity index is 1130. The van der Waals surface area contributed by atoms with Crippen molar-refractivity contribution in [2.75, 3.05) is 12.8 Å². The molecule has 1 aliphatic heterocycles. The molecule has 154 valence electrons. The third-order valence-corrected chi connectivity index (χ3v) is 6.94. The number of ether oxygens (including phenoxy) is 1. The van der Waals surface area contributed by atoms with Gasteiger partial charge in [0.15, 0.2) is 5.78 Å². The van der Waals surface area contributed by atoms with E-state index in [0.29, 0.717) is 34.7 Å². The van der Waals surface area contributed by atoms with E-state index >= 15 is 0 Å². The minimum absolute atomic E-state index is 0.0219. The van der Waals surface area contributed by atoms with Gasteiger partial charge >= 0.3 is 0 Å². The predicted octanol–water partition coefficient (Wildman–Crippen LogP) is 5.21. The van der Waals surface area contributed by atoms with Gasteiger partial charge in [0, 0.05) is 27.3 Å². The maximum absolute atomic E-state index is 14.2. The molecule has 3 aromatic rings. The van der Waals surface area contributed by atoms with Crippen molar-refractivity contribution >= 4 is 34.8 Å². The molecule has 4 rings (SSSR count). The molecule has 0 saturated carbocycles. The van der Waals surface area contributed by atoms with E-state index in [0.717, 1.165) is 15.3 Å². The van der Waals surface area contributed by atoms with Crippen molar-refractivity contribution in [2.45, 2.75) is 24.3 Å². The number of carbonyl (C=O) groups excluding carboxylic acids is 2. The molecule has 30 heavy (non-hydrogen) atoms. The number of hydrogen-bond donors (Lipinski definition) is 1. The van der Waals surface area contributed by atoms with E-state index in [4.69, 9.17) is 4.74 Å². The Hall–Kier alpha value is -2.64. The standard InChI is InChI=1S/C23H20FNO3S2/c1-13(26)19-7-8-21(30-19)18-11-15(24)9-14-10-16(28-22(14)18)12-25-23(27)17-5-3-4-6-20(17)29-2/h3-9,11,16H,10,12H2,1-2H3,(H,25,27)/t16-/m1/s1. The highest BCUT2D eigenvalue weighted by molar-refractivity contribution is 7.98. The van der Waals surface area contributed by atoms with Crippen molar-refractivity contribution in [2.24, 2.45) is 0 Å². The Morgan fingerprint density at radius 2 is 2.03 bits per heavy atom. The van der Waals surface area contributed by atoms with Gasteiger partial charge in [0.1, 0.15) is 17.7 Å². The summed E-state index contributed by atoms with van der Waals surface area (Å²) in [6, 6.07) is 13.9. The van der Waals surface area contributed by atoms with E-state index < -0.39 is 0 Å². The molecule has 0 spiro atoms. The third kappa shape index (κ3) is 4.13. The van der Waals surface area contributed by atoms with E-state index in [9.17, 15) is 14.0 Å². The van der Waals surface area contributed by atoms with E-state index in [1.54, 1.807) is 12.1 Å². The SMILES string of the molecule is CSc1ccccc1C(=O)NC[C@H]1Cc2cc(F)cc(-c3ccc(C(C)=O)s3)c2O1. The zero-order valence-corrected chi connectivity index (χ0v) is 18.2. The summed E-state index contributed by atoms with van der Waals surface area (Å²) < 4.78 is 20.3. The second kappa shape index (κ2) is 8.62. The normalized spacial score (nSPS) is 14.8. The lowest BCUT2D eigenvalue weighted by atomic mass is 10.0. The first-order valence-electron chi connectivity index (χ1n) is 9.47. The average Bonchev–Trinajstić information content (AvgIpc) is 3.38. The van der Waals surface area contributed by atoms with Crippen LogP contribution in [0.15, 0.2) is 53.4 Å². The average molecular weight is 442 g/mol. The first kappa shape index (κ1) is 20.6. The van der Waals surface area contributed by atoms with Crippen LogP contribution in [0, 0.1) is 5.82 Å². The molecule has 0 radical (unpaired) electrons. The highest BCUT2D eigenvalue weighted by Crippen LogP contribution is 2.42. The fourth-order valence-corrected chi connectivity index (χ4v) is 5.01. The molecular weight excluding hydrogens is 421 g/mol. The minimum atomic E-state index is -0.344. The largest absolute Gasteiger partial charge is 0.487 e. The third-order valence-electron chi connectivity index (χ3n) is 4.92. The number of ketones is 1. The van der Waals surface area contributed by atoms with Gasteiger partial charge in [-0.3, -0.25) is 9.59 Å². The van der Waals surface area contributed by atoms with Crippen molar-refractivity contribution in [3.05, 3.63) is 70.4 Å². The monoisotopic (exact) mass is 441 g/mol.